The first-order valence-corrected chi connectivity index (χ1v) is 8.16. The third-order valence-electron chi connectivity index (χ3n) is 5.44. The molecule has 0 spiro atoms. The Kier molecular flexibility index (Phi) is 3.15. The fourth-order valence-electron chi connectivity index (χ4n) is 3.73. The number of aromatic nitrogens is 2. The maximum absolute atomic E-state index is 10.3. The van der Waals surface area contributed by atoms with Gasteiger partial charge in [0.15, 0.2) is 5.82 Å². The van der Waals surface area contributed by atoms with Gasteiger partial charge in [-0.25, -0.2) is 0 Å². The second-order valence-electron chi connectivity index (χ2n) is 7.08. The molecule has 4 rings (SSSR count). The quantitative estimate of drug-likeness (QED) is 0.896. The predicted octanol–water partition coefficient (Wildman–Crippen LogP) is 1.00. The number of fused-ring (bicyclic) bond motifs is 1. The van der Waals surface area contributed by atoms with Crippen LogP contribution in [0.4, 0.5) is 5.82 Å². The molecule has 1 N–H and O–H groups in total. The molecule has 1 saturated carbocycles. The Balaban J connectivity index is 1.34. The van der Waals surface area contributed by atoms with Crippen molar-refractivity contribution in [3.63, 3.8) is 0 Å². The summed E-state index contributed by atoms with van der Waals surface area (Å²) in [6, 6.07) is 2.76. The summed E-state index contributed by atoms with van der Waals surface area (Å²) in [7, 11) is 2.13. The summed E-state index contributed by atoms with van der Waals surface area (Å²) in [4.78, 5) is 4.62. The zero-order valence-corrected chi connectivity index (χ0v) is 12.8. The second-order valence-corrected chi connectivity index (χ2v) is 7.08. The summed E-state index contributed by atoms with van der Waals surface area (Å²) < 4.78 is 0. The van der Waals surface area contributed by atoms with Crippen LogP contribution in [-0.2, 0) is 12.8 Å². The normalized spacial score (nSPS) is 23.9. The summed E-state index contributed by atoms with van der Waals surface area (Å²) in [6.07, 6.45) is 6.56. The highest BCUT2D eigenvalue weighted by Crippen LogP contribution is 2.33. The first-order chi connectivity index (χ1) is 10.1. The highest BCUT2D eigenvalue weighted by Gasteiger charge is 2.39. The zero-order chi connectivity index (χ0) is 14.4. The Morgan fingerprint density at radius 1 is 1.29 bits per heavy atom. The van der Waals surface area contributed by atoms with Gasteiger partial charge in [-0.2, -0.15) is 5.10 Å². The summed E-state index contributed by atoms with van der Waals surface area (Å²) in [6.45, 7) is 2.81. The lowest BCUT2D eigenvalue weighted by Gasteiger charge is -2.48. The highest BCUT2D eigenvalue weighted by atomic mass is 16.3. The van der Waals surface area contributed by atoms with Gasteiger partial charge >= 0.3 is 0 Å². The zero-order valence-electron chi connectivity index (χ0n) is 12.8. The molecule has 1 aliphatic heterocycles. The van der Waals surface area contributed by atoms with Crippen LogP contribution in [0.2, 0.25) is 0 Å². The summed E-state index contributed by atoms with van der Waals surface area (Å²) in [5, 5.41) is 19.0. The maximum atomic E-state index is 10.3. The molecule has 21 heavy (non-hydrogen) atoms. The second kappa shape index (κ2) is 4.92. The summed E-state index contributed by atoms with van der Waals surface area (Å²) in [5.74, 6) is 1.03. The van der Waals surface area contributed by atoms with Crippen LogP contribution in [0.5, 0.6) is 0 Å². The van der Waals surface area contributed by atoms with Gasteiger partial charge in [0.1, 0.15) is 0 Å². The van der Waals surface area contributed by atoms with Crippen LogP contribution in [0.1, 0.15) is 36.9 Å². The van der Waals surface area contributed by atoms with Crippen LogP contribution in [0.25, 0.3) is 0 Å². The number of hydrogen-bond acceptors (Lipinski definition) is 5. The van der Waals surface area contributed by atoms with E-state index in [-0.39, 0.29) is 0 Å². The van der Waals surface area contributed by atoms with E-state index in [9.17, 15) is 5.11 Å². The lowest BCUT2D eigenvalue weighted by molar-refractivity contribution is -0.0629. The maximum Gasteiger partial charge on any atom is 0.151 e. The number of aliphatic hydroxyl groups is 1. The van der Waals surface area contributed by atoms with Crippen molar-refractivity contribution in [1.82, 2.24) is 15.1 Å². The number of aryl methyl sites for hydroxylation is 2. The van der Waals surface area contributed by atoms with Gasteiger partial charge < -0.3 is 10.0 Å². The molecule has 1 aromatic heterocycles. The lowest BCUT2D eigenvalue weighted by atomic mass is 9.79. The van der Waals surface area contributed by atoms with Crippen molar-refractivity contribution in [2.45, 2.75) is 50.2 Å². The molecule has 0 atom stereocenters. The Labute approximate surface area is 126 Å². The molecule has 2 fully saturated rings. The van der Waals surface area contributed by atoms with Crippen LogP contribution < -0.4 is 4.90 Å². The van der Waals surface area contributed by atoms with E-state index in [1.54, 1.807) is 0 Å². The first kappa shape index (κ1) is 13.5. The van der Waals surface area contributed by atoms with Crippen LogP contribution >= 0.6 is 0 Å². The minimum Gasteiger partial charge on any atom is -0.389 e. The molecular formula is C16H24N4O. The molecule has 5 heteroatoms. The van der Waals surface area contributed by atoms with Crippen LogP contribution in [0, 0.1) is 0 Å². The number of hydrogen-bond donors (Lipinski definition) is 1. The van der Waals surface area contributed by atoms with E-state index in [0.29, 0.717) is 6.04 Å². The number of likely N-dealkylation sites (N-methyl/N-ethyl adjacent to an activating group) is 1. The van der Waals surface area contributed by atoms with Crippen LogP contribution in [0.3, 0.4) is 0 Å². The minimum atomic E-state index is -0.414. The molecule has 0 radical (unpaired) electrons. The molecule has 2 aliphatic carbocycles. The van der Waals surface area contributed by atoms with E-state index in [1.165, 1.54) is 24.1 Å². The standard InChI is InChI=1S/C16H24N4O/c1-19(11-16(21)6-3-7-16)13-9-20(10-13)15-8-12-4-2-5-14(12)17-18-15/h8,13,21H,2-7,9-11H2,1H3. The highest BCUT2D eigenvalue weighted by molar-refractivity contribution is 5.45. The van der Waals surface area contributed by atoms with E-state index >= 15 is 0 Å². The van der Waals surface area contributed by atoms with Gasteiger partial charge in [-0.1, -0.05) is 0 Å². The van der Waals surface area contributed by atoms with Gasteiger partial charge in [0.2, 0.25) is 0 Å². The Morgan fingerprint density at radius 3 is 2.81 bits per heavy atom. The molecule has 1 aromatic rings. The molecule has 2 heterocycles. The van der Waals surface area contributed by atoms with Gasteiger partial charge in [-0.3, -0.25) is 4.90 Å². The predicted molar refractivity (Wildman–Crippen MR) is 81.5 cm³/mol. The van der Waals surface area contributed by atoms with Crippen molar-refractivity contribution < 1.29 is 5.11 Å². The molecular weight excluding hydrogens is 264 g/mol. The largest absolute Gasteiger partial charge is 0.389 e. The lowest BCUT2D eigenvalue weighted by Crippen LogP contribution is -2.62. The van der Waals surface area contributed by atoms with Gasteiger partial charge in [0.05, 0.1) is 11.3 Å². The van der Waals surface area contributed by atoms with Crippen molar-refractivity contribution in [3.8, 4) is 0 Å². The topological polar surface area (TPSA) is 52.5 Å². The van der Waals surface area contributed by atoms with Crippen molar-refractivity contribution in [2.75, 3.05) is 31.6 Å². The molecule has 3 aliphatic rings. The van der Waals surface area contributed by atoms with Crippen LogP contribution in [-0.4, -0.2) is 58.5 Å². The van der Waals surface area contributed by atoms with E-state index in [1.807, 2.05) is 0 Å². The fourth-order valence-corrected chi connectivity index (χ4v) is 3.73. The summed E-state index contributed by atoms with van der Waals surface area (Å²) in [5.41, 5.74) is 2.17. The van der Waals surface area contributed by atoms with E-state index in [2.05, 4.69) is 33.1 Å². The van der Waals surface area contributed by atoms with Gasteiger partial charge in [-0.15, -0.1) is 5.10 Å². The van der Waals surface area contributed by atoms with Crippen molar-refractivity contribution in [2.24, 2.45) is 0 Å². The summed E-state index contributed by atoms with van der Waals surface area (Å²) >= 11 is 0. The molecule has 5 nitrogen and oxygen atoms in total. The van der Waals surface area contributed by atoms with E-state index < -0.39 is 5.60 Å². The first-order valence-electron chi connectivity index (χ1n) is 8.16. The van der Waals surface area contributed by atoms with Gasteiger partial charge in [0, 0.05) is 25.7 Å². The smallest absolute Gasteiger partial charge is 0.151 e. The molecule has 0 bridgehead atoms. The Hall–Kier alpha value is -1.20. The van der Waals surface area contributed by atoms with Crippen molar-refractivity contribution in [1.29, 1.82) is 0 Å². The average Bonchev–Trinajstić information content (AvgIpc) is 2.82. The van der Waals surface area contributed by atoms with E-state index in [0.717, 1.165) is 51.1 Å². The number of nitrogens with zero attached hydrogens (tertiary/aromatic N) is 4. The third kappa shape index (κ3) is 2.42. The minimum absolute atomic E-state index is 0.414. The monoisotopic (exact) mass is 288 g/mol. The molecule has 0 amide bonds. The Morgan fingerprint density at radius 2 is 2.10 bits per heavy atom. The molecule has 0 unspecified atom stereocenters. The van der Waals surface area contributed by atoms with E-state index in [4.69, 9.17) is 0 Å². The Bertz CT molecular complexity index is 537. The van der Waals surface area contributed by atoms with Crippen LogP contribution in [0.15, 0.2) is 6.07 Å². The number of anilines is 1. The van der Waals surface area contributed by atoms with Gasteiger partial charge in [0.25, 0.3) is 0 Å². The number of rotatable bonds is 4. The third-order valence-corrected chi connectivity index (χ3v) is 5.44. The SMILES string of the molecule is CN(CC1(O)CCC1)C1CN(c2cc3c(nn2)CCC3)C1. The van der Waals surface area contributed by atoms with Gasteiger partial charge in [-0.05, 0) is 57.2 Å². The molecule has 0 aromatic carbocycles. The molecule has 114 valence electrons. The fraction of sp³-hybridized carbons (Fsp3) is 0.750. The average molecular weight is 288 g/mol. The molecule has 1 saturated heterocycles. The van der Waals surface area contributed by atoms with Crippen molar-refractivity contribution in [3.05, 3.63) is 17.3 Å². The van der Waals surface area contributed by atoms with Crippen molar-refractivity contribution >= 4 is 5.82 Å².